The molecule has 0 aliphatic heterocycles. The van der Waals surface area contributed by atoms with Gasteiger partial charge in [-0.1, -0.05) is 30.3 Å². The molecule has 0 unspecified atom stereocenters. The van der Waals surface area contributed by atoms with Crippen LogP contribution in [0.2, 0.25) is 0 Å². The molecule has 1 heterocycles. The van der Waals surface area contributed by atoms with Crippen LogP contribution in [-0.4, -0.2) is 18.9 Å². The topological polar surface area (TPSA) is 89.5 Å². The minimum absolute atomic E-state index is 0.0158. The van der Waals surface area contributed by atoms with Crippen LogP contribution in [0.4, 0.5) is 0 Å². The van der Waals surface area contributed by atoms with Gasteiger partial charge in [0.05, 0.1) is 24.5 Å². The highest BCUT2D eigenvalue weighted by Gasteiger charge is 2.17. The third kappa shape index (κ3) is 4.65. The number of benzene rings is 2. The van der Waals surface area contributed by atoms with Gasteiger partial charge in [-0.3, -0.25) is 4.79 Å². The van der Waals surface area contributed by atoms with E-state index in [2.05, 4.69) is 4.74 Å². The van der Waals surface area contributed by atoms with Crippen LogP contribution in [0.25, 0.3) is 6.08 Å². The Morgan fingerprint density at radius 2 is 1.83 bits per heavy atom. The maximum Gasteiger partial charge on any atom is 0.337 e. The van der Waals surface area contributed by atoms with Gasteiger partial charge < -0.3 is 13.9 Å². The summed E-state index contributed by atoms with van der Waals surface area (Å²) in [5.74, 6) is 0.177. The fraction of sp³-hybridized carbons (Fsp3) is 0.125. The zero-order valence-electron chi connectivity index (χ0n) is 16.5. The highest BCUT2D eigenvalue weighted by atomic mass is 16.5. The molecule has 0 N–H and O–H groups in total. The first kappa shape index (κ1) is 20.6. The van der Waals surface area contributed by atoms with Gasteiger partial charge in [-0.15, -0.1) is 0 Å². The van der Waals surface area contributed by atoms with Crippen molar-refractivity contribution in [3.8, 4) is 11.8 Å². The predicted octanol–water partition coefficient (Wildman–Crippen LogP) is 4.74. The normalized spacial score (nSPS) is 10.9. The largest absolute Gasteiger partial charge is 0.488 e. The van der Waals surface area contributed by atoms with Crippen LogP contribution in [0.1, 0.15) is 37.6 Å². The van der Waals surface area contributed by atoms with Gasteiger partial charge in [0.2, 0.25) is 5.78 Å². The van der Waals surface area contributed by atoms with E-state index in [1.54, 1.807) is 61.5 Å². The smallest absolute Gasteiger partial charge is 0.337 e. The lowest BCUT2D eigenvalue weighted by atomic mass is 10.0. The summed E-state index contributed by atoms with van der Waals surface area (Å²) in [6.45, 7) is 1.92. The van der Waals surface area contributed by atoms with Crippen molar-refractivity contribution in [1.29, 1.82) is 5.26 Å². The molecular weight excluding hydrogens is 382 g/mol. The number of Topliss-reactive ketones (excluding diaryl/α,β-unsaturated/α-hetero) is 1. The molecule has 0 aliphatic carbocycles. The Kier molecular flexibility index (Phi) is 6.46. The van der Waals surface area contributed by atoms with Gasteiger partial charge in [0.25, 0.3) is 0 Å². The van der Waals surface area contributed by atoms with Crippen molar-refractivity contribution in [2.75, 3.05) is 7.11 Å². The molecule has 3 rings (SSSR count). The molecule has 150 valence electrons. The van der Waals surface area contributed by atoms with E-state index in [0.717, 1.165) is 5.56 Å². The summed E-state index contributed by atoms with van der Waals surface area (Å²) < 4.78 is 15.7. The zero-order chi connectivity index (χ0) is 21.5. The molecule has 0 spiro atoms. The van der Waals surface area contributed by atoms with Gasteiger partial charge in [0.1, 0.15) is 29.8 Å². The number of methoxy groups -OCH3 is 1. The number of furan rings is 1. The minimum atomic E-state index is -0.406. The number of aryl methyl sites for hydroxylation is 1. The molecule has 3 aromatic rings. The van der Waals surface area contributed by atoms with E-state index >= 15 is 0 Å². The third-order valence-corrected chi connectivity index (χ3v) is 4.46. The molecule has 0 aliphatic rings. The fourth-order valence-electron chi connectivity index (χ4n) is 2.82. The number of nitrogens with zero attached hydrogens (tertiary/aromatic N) is 1. The molecule has 2 aromatic carbocycles. The van der Waals surface area contributed by atoms with Gasteiger partial charge >= 0.3 is 5.97 Å². The van der Waals surface area contributed by atoms with Crippen molar-refractivity contribution < 1.29 is 23.5 Å². The van der Waals surface area contributed by atoms with E-state index < -0.39 is 11.8 Å². The summed E-state index contributed by atoms with van der Waals surface area (Å²) in [5.41, 5.74) is 2.25. The first-order valence-corrected chi connectivity index (χ1v) is 9.13. The summed E-state index contributed by atoms with van der Waals surface area (Å²) in [4.78, 5) is 24.2. The van der Waals surface area contributed by atoms with Crippen LogP contribution < -0.4 is 4.74 Å². The molecule has 0 atom stereocenters. The number of carbonyl (C=O) groups excluding carboxylic acids is 2. The number of carbonyl (C=O) groups is 2. The van der Waals surface area contributed by atoms with E-state index in [4.69, 9.17) is 9.15 Å². The van der Waals surface area contributed by atoms with Crippen LogP contribution in [0.3, 0.4) is 0 Å². The molecule has 6 heteroatoms. The van der Waals surface area contributed by atoms with E-state index in [1.807, 2.05) is 6.07 Å². The second kappa shape index (κ2) is 9.39. The average Bonchev–Trinajstić information content (AvgIpc) is 3.21. The highest BCUT2D eigenvalue weighted by Crippen LogP contribution is 2.24. The van der Waals surface area contributed by atoms with Crippen molar-refractivity contribution >= 4 is 17.8 Å². The van der Waals surface area contributed by atoms with Crippen LogP contribution >= 0.6 is 0 Å². The van der Waals surface area contributed by atoms with Gasteiger partial charge in [-0.25, -0.2) is 4.79 Å². The average molecular weight is 401 g/mol. The van der Waals surface area contributed by atoms with Crippen LogP contribution in [0.5, 0.6) is 5.75 Å². The van der Waals surface area contributed by atoms with E-state index in [-0.39, 0.29) is 12.2 Å². The number of allylic oxidation sites excluding steroid dienone is 1. The molecule has 6 nitrogen and oxygen atoms in total. The highest BCUT2D eigenvalue weighted by molar-refractivity contribution is 6.14. The lowest BCUT2D eigenvalue weighted by Gasteiger charge is -2.10. The molecular formula is C24H19NO5. The SMILES string of the molecule is COC(=O)c1ccc(COc2ccccc2/C=C(\C#N)C(=O)c2ccoc2C)cc1. The maximum absolute atomic E-state index is 12.6. The molecule has 0 fully saturated rings. The number of ether oxygens (including phenoxy) is 2. The molecule has 30 heavy (non-hydrogen) atoms. The number of rotatable bonds is 7. The van der Waals surface area contributed by atoms with E-state index in [9.17, 15) is 14.9 Å². The number of ketones is 1. The third-order valence-electron chi connectivity index (χ3n) is 4.46. The quantitative estimate of drug-likeness (QED) is 0.246. The van der Waals surface area contributed by atoms with Crippen molar-refractivity contribution in [3.05, 3.63) is 94.4 Å². The van der Waals surface area contributed by atoms with Crippen LogP contribution in [0.15, 0.2) is 70.9 Å². The number of para-hydroxylation sites is 1. The Hall–Kier alpha value is -4.11. The number of hydrogen-bond acceptors (Lipinski definition) is 6. The maximum atomic E-state index is 12.6. The number of esters is 1. The Morgan fingerprint density at radius 3 is 2.47 bits per heavy atom. The molecule has 0 radical (unpaired) electrons. The minimum Gasteiger partial charge on any atom is -0.488 e. The van der Waals surface area contributed by atoms with E-state index in [1.165, 1.54) is 19.4 Å². The first-order chi connectivity index (χ1) is 14.5. The summed E-state index contributed by atoms with van der Waals surface area (Å²) in [7, 11) is 1.33. The summed E-state index contributed by atoms with van der Waals surface area (Å²) in [6, 6.07) is 17.5. The summed E-state index contributed by atoms with van der Waals surface area (Å²) >= 11 is 0. The Bertz CT molecular complexity index is 1130. The van der Waals surface area contributed by atoms with Crippen LogP contribution in [0, 0.1) is 18.3 Å². The van der Waals surface area contributed by atoms with Gasteiger partial charge in [-0.05, 0) is 42.8 Å². The van der Waals surface area contributed by atoms with Crippen LogP contribution in [-0.2, 0) is 11.3 Å². The molecule has 0 saturated heterocycles. The summed E-state index contributed by atoms with van der Waals surface area (Å²) in [6.07, 6.45) is 2.92. The summed E-state index contributed by atoms with van der Waals surface area (Å²) in [5, 5.41) is 9.49. The molecule has 1 aromatic heterocycles. The van der Waals surface area contributed by atoms with Gasteiger partial charge in [0.15, 0.2) is 0 Å². The van der Waals surface area contributed by atoms with Gasteiger partial charge in [0, 0.05) is 5.56 Å². The predicted molar refractivity (Wildman–Crippen MR) is 110 cm³/mol. The Balaban J connectivity index is 1.79. The number of hydrogen-bond donors (Lipinski definition) is 0. The fourth-order valence-corrected chi connectivity index (χ4v) is 2.82. The molecule has 0 amide bonds. The van der Waals surface area contributed by atoms with Crippen molar-refractivity contribution in [1.82, 2.24) is 0 Å². The van der Waals surface area contributed by atoms with E-state index in [0.29, 0.717) is 28.2 Å². The zero-order valence-corrected chi connectivity index (χ0v) is 16.5. The molecule has 0 saturated carbocycles. The number of nitriles is 1. The lowest BCUT2D eigenvalue weighted by Crippen LogP contribution is -2.03. The monoisotopic (exact) mass is 401 g/mol. The van der Waals surface area contributed by atoms with Crippen molar-refractivity contribution in [3.63, 3.8) is 0 Å². The van der Waals surface area contributed by atoms with Crippen molar-refractivity contribution in [2.24, 2.45) is 0 Å². The Morgan fingerprint density at radius 1 is 1.10 bits per heavy atom. The second-order valence-corrected chi connectivity index (χ2v) is 6.40. The lowest BCUT2D eigenvalue weighted by molar-refractivity contribution is 0.0600. The van der Waals surface area contributed by atoms with Gasteiger partial charge in [-0.2, -0.15) is 5.26 Å². The molecule has 0 bridgehead atoms. The Labute approximate surface area is 174 Å². The van der Waals surface area contributed by atoms with Crippen molar-refractivity contribution in [2.45, 2.75) is 13.5 Å². The standard InChI is InChI=1S/C24H19NO5/c1-16-21(11-12-29-16)23(26)20(14-25)13-19-5-3-4-6-22(19)30-15-17-7-9-18(10-8-17)24(27)28-2/h3-13H,15H2,1-2H3/b20-13+. The first-order valence-electron chi connectivity index (χ1n) is 9.13. The second-order valence-electron chi connectivity index (χ2n) is 6.40.